The van der Waals surface area contributed by atoms with Gasteiger partial charge >= 0.3 is 6.09 Å². The Morgan fingerprint density at radius 2 is 0.936 bits per heavy atom. The van der Waals surface area contributed by atoms with Crippen LogP contribution in [0.4, 0.5) is 33.8 Å². The van der Waals surface area contributed by atoms with E-state index in [-0.39, 0.29) is 38.3 Å². The Bertz CT molecular complexity index is 5510. The average Bonchev–Trinajstić information content (AvgIpc) is 1.72. The van der Waals surface area contributed by atoms with Gasteiger partial charge in [-0.3, -0.25) is 4.79 Å². The quantitative estimate of drug-likeness (QED) is 0.0188. The Balaban J connectivity index is 0.000000173. The molecule has 6 heterocycles. The summed E-state index contributed by atoms with van der Waals surface area (Å²) in [5.41, 5.74) is 31.1. The molecule has 0 atom stereocenters. The number of nitrogen functional groups attached to an aromatic ring is 2. The van der Waals surface area contributed by atoms with Gasteiger partial charge in [0.25, 0.3) is 0 Å². The fourth-order valence-corrected chi connectivity index (χ4v) is 11.9. The second-order valence-corrected chi connectivity index (χ2v) is 25.5. The number of imidazole rings is 2. The van der Waals surface area contributed by atoms with E-state index in [4.69, 9.17) is 41.6 Å². The molecule has 0 fully saturated rings. The number of nitrogens with two attached hydrogens (primary N) is 3. The van der Waals surface area contributed by atoms with Gasteiger partial charge in [0.05, 0.1) is 64.0 Å². The van der Waals surface area contributed by atoms with Crippen molar-refractivity contribution in [3.8, 4) is 59.4 Å². The average molecular weight is 1490 g/mol. The summed E-state index contributed by atoms with van der Waals surface area (Å²) in [6.07, 6.45) is 6.33. The summed E-state index contributed by atoms with van der Waals surface area (Å²) < 4.78 is 19.0. The Labute approximate surface area is 635 Å². The zero-order valence-electron chi connectivity index (χ0n) is 59.4. The summed E-state index contributed by atoms with van der Waals surface area (Å²) in [5.74, 6) is 18.0. The van der Waals surface area contributed by atoms with Gasteiger partial charge in [0, 0.05) is 93.2 Å². The molecule has 0 spiro atoms. The number of allylic oxidation sites excluding steroid dienone is 4. The van der Waals surface area contributed by atoms with Crippen LogP contribution >= 0.6 is 22.7 Å². The number of aldehydes is 1. The van der Waals surface area contributed by atoms with Crippen LogP contribution < -0.4 is 46.7 Å². The molecule has 0 radical (unpaired) electrons. The van der Waals surface area contributed by atoms with Gasteiger partial charge in [-0.25, -0.2) is 24.7 Å². The van der Waals surface area contributed by atoms with Crippen molar-refractivity contribution in [2.45, 2.75) is 26.3 Å². The highest BCUT2D eigenvalue weighted by Crippen LogP contribution is 2.29. The predicted molar refractivity (Wildman–Crippen MR) is 426 cm³/mol. The SMILES string of the molecule is CN(CCO)c1ccc(C#C/C=C(\C#N)c2nc3ccccc3s2)cc1.CN(CCO)c1ccc(C#CC=O)cc1.CN(CCOC(=O)NCc1ccc(COc2nc(N)nc3nc[nH]c23)cc1)c1ccc(C#C/C=C(\C#N)c2nc3ccccc3s2)cc1.NCc1ccc(COc2nc(N)nc3nc[nH]c23)cc1. The number of ether oxygens (including phenoxy) is 3. The molecule has 11 N–H and O–H groups in total. The number of para-hydroxylation sites is 2. The highest BCUT2D eigenvalue weighted by molar-refractivity contribution is 7.20. The summed E-state index contributed by atoms with van der Waals surface area (Å²) in [7, 11) is 5.75. The number of nitrogens with one attached hydrogen (secondary N) is 3. The number of carbonyl (C=O) groups is 2. The molecule has 28 heteroatoms. The first-order chi connectivity index (χ1) is 53.2. The van der Waals surface area contributed by atoms with Crippen LogP contribution in [0.15, 0.2) is 195 Å². The van der Waals surface area contributed by atoms with Gasteiger partial charge in [0.15, 0.2) is 17.6 Å². The Kier molecular flexibility index (Phi) is 28.3. The third-order valence-electron chi connectivity index (χ3n) is 15.9. The number of aromatic amines is 2. The van der Waals surface area contributed by atoms with Crippen molar-refractivity contribution in [3.63, 3.8) is 0 Å². The molecule has 7 aromatic carbocycles. The molecule has 6 aromatic heterocycles. The van der Waals surface area contributed by atoms with Crippen LogP contribution in [0.2, 0.25) is 0 Å². The van der Waals surface area contributed by atoms with Crippen LogP contribution in [0.3, 0.4) is 0 Å². The lowest BCUT2D eigenvalue weighted by Crippen LogP contribution is -2.28. The maximum atomic E-state index is 12.3. The monoisotopic (exact) mass is 1490 g/mol. The molecule has 1 amide bonds. The highest BCUT2D eigenvalue weighted by atomic mass is 32.1. The molecule has 109 heavy (non-hydrogen) atoms. The van der Waals surface area contributed by atoms with Gasteiger partial charge in [-0.05, 0) is 125 Å². The largest absolute Gasteiger partial charge is 0.471 e. The summed E-state index contributed by atoms with van der Waals surface area (Å²) in [5, 5.41) is 40.9. The summed E-state index contributed by atoms with van der Waals surface area (Å²) >= 11 is 2.96. The Morgan fingerprint density at radius 3 is 1.34 bits per heavy atom. The number of nitrogens with zero attached hydrogens (tertiary/aromatic N) is 13. The maximum absolute atomic E-state index is 12.3. The maximum Gasteiger partial charge on any atom is 0.407 e. The normalized spacial score (nSPS) is 10.7. The van der Waals surface area contributed by atoms with E-state index in [9.17, 15) is 20.1 Å². The molecule has 0 saturated carbocycles. The van der Waals surface area contributed by atoms with Gasteiger partial charge in [0.2, 0.25) is 23.7 Å². The highest BCUT2D eigenvalue weighted by Gasteiger charge is 2.14. The van der Waals surface area contributed by atoms with Crippen molar-refractivity contribution in [1.82, 2.24) is 55.2 Å². The first-order valence-electron chi connectivity index (χ1n) is 33.7. The number of aromatic nitrogens is 10. The van der Waals surface area contributed by atoms with E-state index < -0.39 is 6.09 Å². The molecular weight excluding hydrogens is 1420 g/mol. The van der Waals surface area contributed by atoms with E-state index in [1.165, 1.54) is 35.3 Å². The number of alkyl carbamates (subject to hydrolysis) is 1. The molecule has 26 nitrogen and oxygen atoms in total. The van der Waals surface area contributed by atoms with Crippen molar-refractivity contribution in [3.05, 3.63) is 244 Å². The number of anilines is 5. The lowest BCUT2D eigenvalue weighted by atomic mass is 10.1. The number of amides is 1. The number of likely N-dealkylation sites (N-methyl/N-ethyl adjacent to an activating group) is 3. The Hall–Kier alpha value is -14.0. The van der Waals surface area contributed by atoms with E-state index in [0.29, 0.717) is 101 Å². The number of hydrogen-bond acceptors (Lipinski definition) is 25. The number of carbonyl (C=O) groups excluding carboxylic acids is 2. The predicted octanol–water partition coefficient (Wildman–Crippen LogP) is 10.8. The van der Waals surface area contributed by atoms with Crippen molar-refractivity contribution in [1.29, 1.82) is 10.5 Å². The molecule has 0 aliphatic carbocycles. The third-order valence-corrected chi connectivity index (χ3v) is 18.0. The number of aliphatic hydroxyl groups is 2. The molecule has 0 aliphatic heterocycles. The van der Waals surface area contributed by atoms with E-state index in [2.05, 4.69) is 103 Å². The Morgan fingerprint density at radius 1 is 0.532 bits per heavy atom. The second-order valence-electron chi connectivity index (χ2n) is 23.5. The fourth-order valence-electron chi connectivity index (χ4n) is 10.0. The number of thiazole rings is 2. The van der Waals surface area contributed by atoms with E-state index in [1.807, 2.05) is 206 Å². The zero-order valence-corrected chi connectivity index (χ0v) is 61.1. The van der Waals surface area contributed by atoms with E-state index in [1.54, 1.807) is 12.2 Å². The third kappa shape index (κ3) is 22.7. The molecule has 0 aliphatic rings. The first kappa shape index (κ1) is 77.6. The summed E-state index contributed by atoms with van der Waals surface area (Å²) in [6, 6.07) is 58.5. The van der Waals surface area contributed by atoms with Crippen molar-refractivity contribution < 1.29 is 34.0 Å². The van der Waals surface area contributed by atoms with Crippen LogP contribution in [-0.4, -0.2) is 133 Å². The molecule has 13 rings (SSSR count). The smallest absolute Gasteiger partial charge is 0.407 e. The van der Waals surface area contributed by atoms with Gasteiger partial charge in [0.1, 0.15) is 53.0 Å². The van der Waals surface area contributed by atoms with Crippen LogP contribution in [0.1, 0.15) is 49.0 Å². The van der Waals surface area contributed by atoms with Crippen molar-refractivity contribution in [2.75, 3.05) is 86.8 Å². The minimum atomic E-state index is -0.498. The van der Waals surface area contributed by atoms with Crippen LogP contribution in [0, 0.1) is 58.2 Å². The lowest BCUT2D eigenvalue weighted by molar-refractivity contribution is -0.103. The van der Waals surface area contributed by atoms with E-state index in [0.717, 1.165) is 76.4 Å². The zero-order chi connectivity index (χ0) is 76.7. The van der Waals surface area contributed by atoms with Crippen molar-refractivity contribution in [2.24, 2.45) is 5.73 Å². The molecule has 13 aromatic rings. The standard InChI is InChI=1S/C35H29N9O3S.C21H17N3OS.C13H14N6O.C12H13NO2/c1-44(27-15-13-23(14-16-27)5-4-6-26(19-36)33-41-28-7-2-3-8-29(28)48-33)17-18-46-35(45)38-20-24-9-11-25(12-10-24)21-47-32-30-31(40-22-39-30)42-34(37)43-32;1-24(13-14-25)18-11-9-16(10-12-18)5-4-6-17(15-22)21-23-19-7-2-3-8-20(19)26-21;14-5-8-1-3-9(4-2-8)6-20-12-10-11(17-7-16-10)18-13(15)19-12;1-13(8-10-15)12-6-4-11(5-7-12)3-2-9-14/h2-3,6-16,22H,17-18,20-21H2,1H3,(H,38,45)(H3,37,39,40,42,43);2-3,6-12,25H,13-14H2,1H3;1-4,7H,5-6,14H2,(H3,15,16,17,18,19);4-7,9,15H,8,10H2,1H3/b26-6+;17-6+;;. The van der Waals surface area contributed by atoms with Gasteiger partial charge in [-0.2, -0.15) is 30.5 Å². The topological polar surface area (TPSA) is 384 Å². The van der Waals surface area contributed by atoms with E-state index >= 15 is 0 Å². The van der Waals surface area contributed by atoms with Crippen LogP contribution in [0.5, 0.6) is 11.8 Å². The number of nitriles is 2. The van der Waals surface area contributed by atoms with Gasteiger partial charge in [-0.15, -0.1) is 22.7 Å². The number of rotatable bonds is 21. The molecular formula is C81H73N19O7S2. The lowest BCUT2D eigenvalue weighted by Gasteiger charge is -2.19. The molecule has 0 unspecified atom stereocenters. The molecule has 0 saturated heterocycles. The van der Waals surface area contributed by atoms with Gasteiger partial charge in [-0.1, -0.05) is 102 Å². The summed E-state index contributed by atoms with van der Waals surface area (Å²) in [6.45, 7) is 3.65. The molecule has 546 valence electrons. The number of benzene rings is 7. The fraction of sp³-hybridized carbons (Fsp3) is 0.160. The summed E-state index contributed by atoms with van der Waals surface area (Å²) in [4.78, 5) is 67.5. The number of aliphatic hydroxyl groups excluding tert-OH is 2. The number of fused-ring (bicyclic) bond motifs is 4. The van der Waals surface area contributed by atoms with Crippen LogP contribution in [0.25, 0.3) is 53.9 Å². The van der Waals surface area contributed by atoms with Crippen LogP contribution in [-0.2, 0) is 35.8 Å². The number of H-pyrrole nitrogens is 2. The minimum Gasteiger partial charge on any atom is -0.471 e. The first-order valence-corrected chi connectivity index (χ1v) is 35.3. The van der Waals surface area contributed by atoms with Crippen molar-refractivity contribution >= 4 is 118 Å². The van der Waals surface area contributed by atoms with Gasteiger partial charge < -0.3 is 71.6 Å². The second kappa shape index (κ2) is 39.7. The number of hydrogen-bond donors (Lipinski definition) is 8. The molecule has 0 bridgehead atoms. The minimum absolute atomic E-state index is 0.0865.